The standard InChI is InChI=1S/C21H19N/c1-13-11-17-9-10-22-21-15(3)14(2)19(18(12-13)20(17)21)16-7-5-4-6-8-16/h4-12,19H,1-3H3. The number of hydrogen-bond donors (Lipinski definition) is 0. The third kappa shape index (κ3) is 1.82. The zero-order valence-corrected chi connectivity index (χ0v) is 13.2. The third-order valence-corrected chi connectivity index (χ3v) is 4.86. The second-order valence-corrected chi connectivity index (χ2v) is 6.26. The van der Waals surface area contributed by atoms with Gasteiger partial charge in [0.15, 0.2) is 0 Å². The number of pyridine rings is 1. The van der Waals surface area contributed by atoms with Crippen molar-refractivity contribution in [2.24, 2.45) is 0 Å². The van der Waals surface area contributed by atoms with Crippen LogP contribution in [0.2, 0.25) is 0 Å². The molecule has 1 aliphatic rings. The molecule has 0 spiro atoms. The molecule has 0 bridgehead atoms. The number of nitrogens with zero attached hydrogens (tertiary/aromatic N) is 1. The van der Waals surface area contributed by atoms with Crippen LogP contribution in [0, 0.1) is 6.92 Å². The van der Waals surface area contributed by atoms with Crippen molar-refractivity contribution in [2.75, 3.05) is 0 Å². The summed E-state index contributed by atoms with van der Waals surface area (Å²) in [7, 11) is 0. The highest BCUT2D eigenvalue weighted by Crippen LogP contribution is 2.45. The molecule has 3 aromatic rings. The lowest BCUT2D eigenvalue weighted by Gasteiger charge is -2.29. The largest absolute Gasteiger partial charge is 0.256 e. The van der Waals surface area contributed by atoms with Gasteiger partial charge < -0.3 is 0 Å². The molecule has 1 unspecified atom stereocenters. The molecule has 1 heteroatoms. The van der Waals surface area contributed by atoms with E-state index in [-0.39, 0.29) is 0 Å². The highest BCUT2D eigenvalue weighted by molar-refractivity contribution is 5.98. The van der Waals surface area contributed by atoms with Crippen molar-refractivity contribution in [2.45, 2.75) is 26.7 Å². The molecular formula is C21H19N. The Hall–Kier alpha value is -2.41. The Morgan fingerprint density at radius 3 is 2.45 bits per heavy atom. The summed E-state index contributed by atoms with van der Waals surface area (Å²) in [6.07, 6.45) is 1.93. The highest BCUT2D eigenvalue weighted by Gasteiger charge is 2.27. The number of aryl methyl sites for hydroxylation is 1. The molecule has 0 radical (unpaired) electrons. The van der Waals surface area contributed by atoms with Gasteiger partial charge in [-0.2, -0.15) is 0 Å². The molecule has 1 aromatic heterocycles. The predicted octanol–water partition coefficient (Wildman–Crippen LogP) is 5.48. The summed E-state index contributed by atoms with van der Waals surface area (Å²) < 4.78 is 0. The van der Waals surface area contributed by atoms with E-state index in [1.54, 1.807) is 0 Å². The van der Waals surface area contributed by atoms with E-state index in [0.29, 0.717) is 5.92 Å². The number of benzene rings is 2. The molecule has 4 rings (SSSR count). The summed E-state index contributed by atoms with van der Waals surface area (Å²) in [6.45, 7) is 6.63. The minimum absolute atomic E-state index is 0.334. The van der Waals surface area contributed by atoms with Gasteiger partial charge in [-0.25, -0.2) is 0 Å². The van der Waals surface area contributed by atoms with Crippen LogP contribution in [0.25, 0.3) is 16.3 Å². The van der Waals surface area contributed by atoms with Gasteiger partial charge in [0.25, 0.3) is 0 Å². The summed E-state index contributed by atoms with van der Waals surface area (Å²) in [5.41, 5.74) is 7.94. The topological polar surface area (TPSA) is 12.9 Å². The predicted molar refractivity (Wildman–Crippen MR) is 93.0 cm³/mol. The molecule has 1 atom stereocenters. The van der Waals surface area contributed by atoms with E-state index < -0.39 is 0 Å². The van der Waals surface area contributed by atoms with Crippen molar-refractivity contribution in [3.8, 4) is 0 Å². The first-order chi connectivity index (χ1) is 10.7. The van der Waals surface area contributed by atoms with Crippen LogP contribution in [0.5, 0.6) is 0 Å². The van der Waals surface area contributed by atoms with E-state index in [4.69, 9.17) is 0 Å². The maximum absolute atomic E-state index is 4.67. The van der Waals surface area contributed by atoms with E-state index in [9.17, 15) is 0 Å². The maximum atomic E-state index is 4.67. The molecule has 0 saturated heterocycles. The van der Waals surface area contributed by atoms with E-state index in [0.717, 1.165) is 5.69 Å². The van der Waals surface area contributed by atoms with Crippen LogP contribution in [0.4, 0.5) is 0 Å². The van der Waals surface area contributed by atoms with E-state index in [1.807, 2.05) is 6.20 Å². The van der Waals surface area contributed by atoms with Gasteiger partial charge in [0, 0.05) is 17.5 Å². The molecule has 2 aromatic carbocycles. The highest BCUT2D eigenvalue weighted by atomic mass is 14.7. The first kappa shape index (κ1) is 13.3. The van der Waals surface area contributed by atoms with Gasteiger partial charge >= 0.3 is 0 Å². The average molecular weight is 285 g/mol. The fraction of sp³-hybridized carbons (Fsp3) is 0.190. The van der Waals surface area contributed by atoms with E-state index in [2.05, 4.69) is 74.3 Å². The van der Waals surface area contributed by atoms with Crippen molar-refractivity contribution in [3.05, 3.63) is 82.7 Å². The van der Waals surface area contributed by atoms with Gasteiger partial charge in [-0.3, -0.25) is 4.98 Å². The smallest absolute Gasteiger partial charge is 0.0740 e. The van der Waals surface area contributed by atoms with Gasteiger partial charge in [0.05, 0.1) is 5.69 Å². The van der Waals surface area contributed by atoms with Crippen LogP contribution in [-0.4, -0.2) is 4.98 Å². The van der Waals surface area contributed by atoms with Crippen LogP contribution in [0.15, 0.2) is 60.3 Å². The summed E-state index contributed by atoms with van der Waals surface area (Å²) in [5.74, 6) is 0.334. The van der Waals surface area contributed by atoms with Crippen molar-refractivity contribution >= 4 is 16.3 Å². The second-order valence-electron chi connectivity index (χ2n) is 6.26. The minimum atomic E-state index is 0.334. The molecular weight excluding hydrogens is 266 g/mol. The zero-order valence-electron chi connectivity index (χ0n) is 13.2. The zero-order chi connectivity index (χ0) is 15.3. The molecule has 0 N–H and O–H groups in total. The molecule has 22 heavy (non-hydrogen) atoms. The van der Waals surface area contributed by atoms with Crippen LogP contribution in [-0.2, 0) is 0 Å². The van der Waals surface area contributed by atoms with Gasteiger partial charge in [0.1, 0.15) is 0 Å². The number of rotatable bonds is 1. The monoisotopic (exact) mass is 285 g/mol. The second kappa shape index (κ2) is 4.81. The Morgan fingerprint density at radius 2 is 1.68 bits per heavy atom. The van der Waals surface area contributed by atoms with Crippen LogP contribution in [0.1, 0.15) is 42.1 Å². The molecule has 1 nitrogen and oxygen atoms in total. The molecule has 1 aliphatic carbocycles. The normalized spacial score (nSPS) is 17.1. The summed E-state index contributed by atoms with van der Waals surface area (Å²) in [5, 5.41) is 2.62. The van der Waals surface area contributed by atoms with E-state index >= 15 is 0 Å². The number of allylic oxidation sites excluding steroid dienone is 2. The SMILES string of the molecule is CC1=C(C)C(c2ccccc2)c2cc(C)cc3ccnc1c23. The maximum Gasteiger partial charge on any atom is 0.0740 e. The Labute approximate surface area is 131 Å². The lowest BCUT2D eigenvalue weighted by molar-refractivity contribution is 0.940. The van der Waals surface area contributed by atoms with Gasteiger partial charge in [0.2, 0.25) is 0 Å². The van der Waals surface area contributed by atoms with Gasteiger partial charge in [-0.1, -0.05) is 53.6 Å². The van der Waals surface area contributed by atoms with Crippen molar-refractivity contribution in [3.63, 3.8) is 0 Å². The summed E-state index contributed by atoms with van der Waals surface area (Å²) in [4.78, 5) is 4.67. The lowest BCUT2D eigenvalue weighted by atomic mass is 9.76. The fourth-order valence-electron chi connectivity index (χ4n) is 3.73. The molecule has 0 aliphatic heterocycles. The average Bonchev–Trinajstić information content (AvgIpc) is 2.53. The van der Waals surface area contributed by atoms with Gasteiger partial charge in [-0.15, -0.1) is 0 Å². The van der Waals surface area contributed by atoms with Crippen LogP contribution >= 0.6 is 0 Å². The Balaban J connectivity index is 2.12. The lowest BCUT2D eigenvalue weighted by Crippen LogP contribution is -2.11. The Bertz CT molecular complexity index is 904. The molecule has 108 valence electrons. The minimum Gasteiger partial charge on any atom is -0.256 e. The quantitative estimate of drug-likeness (QED) is 0.576. The van der Waals surface area contributed by atoms with Crippen LogP contribution < -0.4 is 0 Å². The van der Waals surface area contributed by atoms with Crippen LogP contribution in [0.3, 0.4) is 0 Å². The van der Waals surface area contributed by atoms with Gasteiger partial charge in [-0.05, 0) is 48.9 Å². The molecule has 0 saturated carbocycles. The fourth-order valence-corrected chi connectivity index (χ4v) is 3.73. The van der Waals surface area contributed by atoms with E-state index in [1.165, 1.54) is 38.6 Å². The van der Waals surface area contributed by atoms with Crippen molar-refractivity contribution in [1.29, 1.82) is 0 Å². The Kier molecular flexibility index (Phi) is 2.90. The third-order valence-electron chi connectivity index (χ3n) is 4.86. The summed E-state index contributed by atoms with van der Waals surface area (Å²) >= 11 is 0. The Morgan fingerprint density at radius 1 is 0.909 bits per heavy atom. The number of hydrogen-bond acceptors (Lipinski definition) is 1. The van der Waals surface area contributed by atoms with Crippen molar-refractivity contribution in [1.82, 2.24) is 4.98 Å². The first-order valence-corrected chi connectivity index (χ1v) is 7.79. The first-order valence-electron chi connectivity index (χ1n) is 7.79. The number of aromatic nitrogens is 1. The molecule has 0 fully saturated rings. The molecule has 1 heterocycles. The van der Waals surface area contributed by atoms with Crippen molar-refractivity contribution < 1.29 is 0 Å². The molecule has 0 amide bonds. The summed E-state index contributed by atoms with van der Waals surface area (Å²) in [6, 6.07) is 17.5.